The minimum Gasteiger partial charge on any atom is -0.385 e. The second-order valence-electron chi connectivity index (χ2n) is 8.72. The van der Waals surface area contributed by atoms with Crippen LogP contribution in [0.1, 0.15) is 34.6 Å². The lowest BCUT2D eigenvalue weighted by Gasteiger charge is -2.07. The van der Waals surface area contributed by atoms with Crippen LogP contribution >= 0.6 is 0 Å². The standard InChI is InChI=1S/C29H27N7O2/c37-28(35-31-18-24-16-21-6-1-3-8-26(21)33-24)10-5-15-30-23-13-11-20(12-14-23)29(38)36-32-19-25-17-22-7-2-4-9-27(22)34-25/h1-4,6-9,11-14,16-19,30,33-34H,5,10,15H2,(H,35,37)(H,36,38)/b31-18+,32-19+. The summed E-state index contributed by atoms with van der Waals surface area (Å²) in [5, 5.41) is 13.5. The van der Waals surface area contributed by atoms with Crippen LogP contribution in [-0.2, 0) is 4.79 Å². The van der Waals surface area contributed by atoms with Gasteiger partial charge in [-0.1, -0.05) is 36.4 Å². The summed E-state index contributed by atoms with van der Waals surface area (Å²) in [6.45, 7) is 0.611. The van der Waals surface area contributed by atoms with Gasteiger partial charge >= 0.3 is 0 Å². The third-order valence-corrected chi connectivity index (χ3v) is 5.92. The van der Waals surface area contributed by atoms with Crippen molar-refractivity contribution in [2.45, 2.75) is 12.8 Å². The molecule has 5 aromatic rings. The molecule has 2 aromatic heterocycles. The lowest BCUT2D eigenvalue weighted by Crippen LogP contribution is -2.18. The smallest absolute Gasteiger partial charge is 0.271 e. The highest BCUT2D eigenvalue weighted by Gasteiger charge is 2.05. The highest BCUT2D eigenvalue weighted by molar-refractivity contribution is 5.96. The van der Waals surface area contributed by atoms with Gasteiger partial charge in [0.15, 0.2) is 0 Å². The Balaban J connectivity index is 1.01. The molecule has 0 bridgehead atoms. The van der Waals surface area contributed by atoms with Crippen LogP contribution in [-0.4, -0.2) is 40.8 Å². The van der Waals surface area contributed by atoms with E-state index in [9.17, 15) is 9.59 Å². The molecule has 5 rings (SSSR count). The Morgan fingerprint density at radius 1 is 0.737 bits per heavy atom. The number of aromatic amines is 2. The van der Waals surface area contributed by atoms with E-state index in [4.69, 9.17) is 0 Å². The number of H-pyrrole nitrogens is 2. The number of carbonyl (C=O) groups is 2. The Kier molecular flexibility index (Phi) is 7.55. The van der Waals surface area contributed by atoms with Crippen LogP contribution in [0.2, 0.25) is 0 Å². The van der Waals surface area contributed by atoms with E-state index in [1.165, 1.54) is 0 Å². The van der Waals surface area contributed by atoms with Gasteiger partial charge in [0, 0.05) is 46.0 Å². The van der Waals surface area contributed by atoms with E-state index in [0.29, 0.717) is 24.9 Å². The number of hydrogen-bond acceptors (Lipinski definition) is 5. The lowest BCUT2D eigenvalue weighted by molar-refractivity contribution is -0.121. The maximum atomic E-state index is 12.4. The topological polar surface area (TPSA) is 127 Å². The highest BCUT2D eigenvalue weighted by Crippen LogP contribution is 2.14. The van der Waals surface area contributed by atoms with E-state index in [1.807, 2.05) is 72.8 Å². The molecule has 0 saturated heterocycles. The summed E-state index contributed by atoms with van der Waals surface area (Å²) in [6.07, 6.45) is 4.16. The minimum atomic E-state index is -0.298. The van der Waals surface area contributed by atoms with Crippen LogP contribution in [0.15, 0.2) is 95.1 Å². The van der Waals surface area contributed by atoms with Crippen molar-refractivity contribution in [3.8, 4) is 0 Å². The molecule has 2 heterocycles. The molecular formula is C29H27N7O2. The van der Waals surface area contributed by atoms with Gasteiger partial charge in [0.1, 0.15) is 0 Å². The summed E-state index contributed by atoms with van der Waals surface area (Å²) < 4.78 is 0. The predicted octanol–water partition coefficient (Wildman–Crippen LogP) is 4.76. The van der Waals surface area contributed by atoms with Crippen molar-refractivity contribution < 1.29 is 9.59 Å². The van der Waals surface area contributed by atoms with Gasteiger partial charge < -0.3 is 15.3 Å². The molecule has 190 valence electrons. The molecule has 9 heteroatoms. The second-order valence-corrected chi connectivity index (χ2v) is 8.72. The van der Waals surface area contributed by atoms with Gasteiger partial charge in [0.25, 0.3) is 5.91 Å². The first-order chi connectivity index (χ1) is 18.6. The van der Waals surface area contributed by atoms with Gasteiger partial charge in [-0.2, -0.15) is 10.2 Å². The third-order valence-electron chi connectivity index (χ3n) is 5.92. The first-order valence-electron chi connectivity index (χ1n) is 12.3. The molecule has 0 fully saturated rings. The molecule has 5 N–H and O–H groups in total. The number of fused-ring (bicyclic) bond motifs is 2. The third kappa shape index (κ3) is 6.33. The second kappa shape index (κ2) is 11.7. The number of hydrazone groups is 2. The van der Waals surface area contributed by atoms with E-state index in [1.54, 1.807) is 24.6 Å². The van der Waals surface area contributed by atoms with Crippen LogP contribution in [0.25, 0.3) is 21.8 Å². The molecule has 0 saturated carbocycles. The van der Waals surface area contributed by atoms with Crippen LogP contribution in [0.4, 0.5) is 5.69 Å². The molecule has 2 amide bonds. The number of rotatable bonds is 10. The fraction of sp³-hybridized carbons (Fsp3) is 0.103. The molecule has 0 aliphatic rings. The predicted molar refractivity (Wildman–Crippen MR) is 152 cm³/mol. The SMILES string of the molecule is O=C(CCCNc1ccc(C(=O)N/N=C/c2cc3ccccc3[nH]2)cc1)N/N=C/c1cc2ccccc2[nH]1. The zero-order valence-corrected chi connectivity index (χ0v) is 20.6. The maximum absolute atomic E-state index is 12.4. The van der Waals surface area contributed by atoms with Gasteiger partial charge in [0.2, 0.25) is 5.91 Å². The summed E-state index contributed by atoms with van der Waals surface area (Å²) in [6, 6.07) is 26.9. The number of para-hydroxylation sites is 2. The number of nitrogens with one attached hydrogen (secondary N) is 5. The first-order valence-corrected chi connectivity index (χ1v) is 12.3. The van der Waals surface area contributed by atoms with Crippen molar-refractivity contribution >= 4 is 51.7 Å². The van der Waals surface area contributed by atoms with Crippen LogP contribution in [0, 0.1) is 0 Å². The Hall–Kier alpha value is -5.18. The number of benzene rings is 3. The number of aromatic nitrogens is 2. The molecule has 0 unspecified atom stereocenters. The first kappa shape index (κ1) is 24.5. The summed E-state index contributed by atoms with van der Waals surface area (Å²) in [5.41, 5.74) is 10.1. The number of amides is 2. The summed E-state index contributed by atoms with van der Waals surface area (Å²) in [7, 11) is 0. The maximum Gasteiger partial charge on any atom is 0.271 e. The van der Waals surface area contributed by atoms with E-state index in [0.717, 1.165) is 38.9 Å². The number of carbonyl (C=O) groups excluding carboxylic acids is 2. The zero-order valence-electron chi connectivity index (χ0n) is 20.6. The van der Waals surface area contributed by atoms with E-state index >= 15 is 0 Å². The minimum absolute atomic E-state index is 0.154. The zero-order chi connectivity index (χ0) is 26.2. The molecule has 9 nitrogen and oxygen atoms in total. The average molecular weight is 506 g/mol. The fourth-order valence-corrected chi connectivity index (χ4v) is 4.01. The number of hydrogen-bond donors (Lipinski definition) is 5. The molecule has 3 aromatic carbocycles. The van der Waals surface area contributed by atoms with Gasteiger partial charge in [-0.15, -0.1) is 0 Å². The van der Waals surface area contributed by atoms with E-state index < -0.39 is 0 Å². The van der Waals surface area contributed by atoms with Crippen molar-refractivity contribution in [3.63, 3.8) is 0 Å². The number of nitrogens with zero attached hydrogens (tertiary/aromatic N) is 2. The molecule has 0 aliphatic carbocycles. The van der Waals surface area contributed by atoms with E-state index in [-0.39, 0.29) is 11.8 Å². The van der Waals surface area contributed by atoms with Crippen LogP contribution in [0.5, 0.6) is 0 Å². The molecule has 0 atom stereocenters. The summed E-state index contributed by atoms with van der Waals surface area (Å²) >= 11 is 0. The Morgan fingerprint density at radius 2 is 1.32 bits per heavy atom. The summed E-state index contributed by atoms with van der Waals surface area (Å²) in [4.78, 5) is 30.9. The molecule has 0 radical (unpaired) electrons. The largest absolute Gasteiger partial charge is 0.385 e. The van der Waals surface area contributed by atoms with Crippen molar-refractivity contribution in [1.82, 2.24) is 20.8 Å². The molecular weight excluding hydrogens is 478 g/mol. The monoisotopic (exact) mass is 505 g/mol. The van der Waals surface area contributed by atoms with Gasteiger partial charge in [-0.25, -0.2) is 10.9 Å². The van der Waals surface area contributed by atoms with Gasteiger partial charge in [-0.05, 0) is 55.0 Å². The Labute approximate surface area is 219 Å². The van der Waals surface area contributed by atoms with Gasteiger partial charge in [0.05, 0.1) is 23.8 Å². The highest BCUT2D eigenvalue weighted by atomic mass is 16.2. The van der Waals surface area contributed by atoms with Gasteiger partial charge in [-0.3, -0.25) is 9.59 Å². The van der Waals surface area contributed by atoms with Crippen LogP contribution in [0.3, 0.4) is 0 Å². The lowest BCUT2D eigenvalue weighted by atomic mass is 10.2. The molecule has 0 aliphatic heterocycles. The Morgan fingerprint density at radius 3 is 1.92 bits per heavy atom. The van der Waals surface area contributed by atoms with Crippen molar-refractivity contribution in [2.24, 2.45) is 10.2 Å². The van der Waals surface area contributed by atoms with E-state index in [2.05, 4.69) is 36.3 Å². The van der Waals surface area contributed by atoms with Crippen molar-refractivity contribution in [3.05, 3.63) is 102 Å². The summed E-state index contributed by atoms with van der Waals surface area (Å²) in [5.74, 6) is -0.451. The molecule has 38 heavy (non-hydrogen) atoms. The Bertz CT molecular complexity index is 1550. The van der Waals surface area contributed by atoms with Crippen LogP contribution < -0.4 is 16.2 Å². The molecule has 0 spiro atoms. The quantitative estimate of drug-likeness (QED) is 0.107. The normalized spacial score (nSPS) is 11.5. The van der Waals surface area contributed by atoms with Crippen molar-refractivity contribution in [2.75, 3.05) is 11.9 Å². The average Bonchev–Trinajstić information content (AvgIpc) is 3.54. The fourth-order valence-electron chi connectivity index (χ4n) is 4.01. The van der Waals surface area contributed by atoms with Crippen molar-refractivity contribution in [1.29, 1.82) is 0 Å². The number of anilines is 1.